The van der Waals surface area contributed by atoms with Crippen molar-refractivity contribution in [3.63, 3.8) is 0 Å². The van der Waals surface area contributed by atoms with Crippen LogP contribution in [0.2, 0.25) is 5.15 Å². The summed E-state index contributed by atoms with van der Waals surface area (Å²) in [6.45, 7) is 0.426. The maximum atomic E-state index is 10.9. The van der Waals surface area contributed by atoms with Gasteiger partial charge in [0.25, 0.3) is 0 Å². The highest BCUT2D eigenvalue weighted by molar-refractivity contribution is 6.31. The summed E-state index contributed by atoms with van der Waals surface area (Å²) >= 11 is 5.67. The molecule has 0 bridgehead atoms. The van der Waals surface area contributed by atoms with Gasteiger partial charge in [-0.05, 0) is 5.56 Å². The molecule has 0 fully saturated rings. The quantitative estimate of drug-likeness (QED) is 0.522. The van der Waals surface area contributed by atoms with Gasteiger partial charge in [-0.3, -0.25) is 10.1 Å². The van der Waals surface area contributed by atoms with Crippen LogP contribution in [0.4, 0.5) is 11.5 Å². The molecule has 0 unspecified atom stereocenters. The summed E-state index contributed by atoms with van der Waals surface area (Å²) in [6.07, 6.45) is 1.18. The summed E-state index contributed by atoms with van der Waals surface area (Å²) in [7, 11) is 0. The lowest BCUT2D eigenvalue weighted by Gasteiger charge is -2.06. The first-order valence-electron chi connectivity index (χ1n) is 5.11. The van der Waals surface area contributed by atoms with Crippen LogP contribution < -0.4 is 5.32 Å². The number of rotatable bonds is 4. The number of nitrogens with one attached hydrogen (secondary N) is 1. The largest absolute Gasteiger partial charge is 0.360 e. The summed E-state index contributed by atoms with van der Waals surface area (Å²) in [6, 6.07) is 9.48. The molecule has 2 rings (SSSR count). The van der Waals surface area contributed by atoms with E-state index in [1.54, 1.807) is 0 Å². The molecule has 18 heavy (non-hydrogen) atoms. The molecule has 0 aliphatic heterocycles. The number of anilines is 1. The van der Waals surface area contributed by atoms with E-state index in [0.717, 1.165) is 5.56 Å². The van der Waals surface area contributed by atoms with E-state index >= 15 is 0 Å². The van der Waals surface area contributed by atoms with E-state index in [1.165, 1.54) is 6.33 Å². The number of nitro groups is 1. The highest BCUT2D eigenvalue weighted by Crippen LogP contribution is 2.28. The molecule has 0 saturated carbocycles. The lowest BCUT2D eigenvalue weighted by atomic mass is 10.2. The molecular weight excluding hydrogens is 256 g/mol. The minimum atomic E-state index is -0.602. The Labute approximate surface area is 108 Å². The van der Waals surface area contributed by atoms with Gasteiger partial charge in [0.2, 0.25) is 11.0 Å². The zero-order valence-electron chi connectivity index (χ0n) is 9.21. The first-order chi connectivity index (χ1) is 8.68. The third-order valence-electron chi connectivity index (χ3n) is 2.26. The van der Waals surface area contributed by atoms with E-state index < -0.39 is 4.92 Å². The minimum absolute atomic E-state index is 0.115. The van der Waals surface area contributed by atoms with Crippen LogP contribution >= 0.6 is 11.6 Å². The summed E-state index contributed by atoms with van der Waals surface area (Å²) in [5.41, 5.74) is 0.677. The maximum absolute atomic E-state index is 10.9. The van der Waals surface area contributed by atoms with Gasteiger partial charge in [-0.2, -0.15) is 0 Å². The van der Waals surface area contributed by atoms with Crippen molar-refractivity contribution < 1.29 is 4.92 Å². The van der Waals surface area contributed by atoms with Crippen LogP contribution in [0, 0.1) is 10.1 Å². The molecular formula is C11H9ClN4O2. The number of nitrogens with zero attached hydrogens (tertiary/aromatic N) is 3. The van der Waals surface area contributed by atoms with Crippen LogP contribution in [-0.4, -0.2) is 14.9 Å². The molecule has 7 heteroatoms. The van der Waals surface area contributed by atoms with E-state index in [4.69, 9.17) is 11.6 Å². The highest BCUT2D eigenvalue weighted by Gasteiger charge is 2.20. The van der Waals surface area contributed by atoms with Crippen molar-refractivity contribution >= 4 is 23.1 Å². The van der Waals surface area contributed by atoms with Gasteiger partial charge in [0.15, 0.2) is 0 Å². The van der Waals surface area contributed by atoms with Gasteiger partial charge < -0.3 is 5.32 Å². The van der Waals surface area contributed by atoms with Crippen LogP contribution in [0.5, 0.6) is 0 Å². The van der Waals surface area contributed by atoms with Crippen LogP contribution in [0.3, 0.4) is 0 Å². The predicted octanol–water partition coefficient (Wildman–Crippen LogP) is 2.65. The fourth-order valence-electron chi connectivity index (χ4n) is 1.43. The second kappa shape index (κ2) is 5.42. The Bertz CT molecular complexity index is 562. The van der Waals surface area contributed by atoms with Crippen molar-refractivity contribution in [2.24, 2.45) is 0 Å². The molecule has 1 heterocycles. The van der Waals surface area contributed by atoms with Crippen molar-refractivity contribution in [1.82, 2.24) is 9.97 Å². The normalized spacial score (nSPS) is 10.1. The van der Waals surface area contributed by atoms with Crippen LogP contribution in [0.25, 0.3) is 0 Å². The lowest BCUT2D eigenvalue weighted by molar-refractivity contribution is -0.384. The van der Waals surface area contributed by atoms with Crippen LogP contribution in [0.15, 0.2) is 36.7 Å². The number of aromatic nitrogens is 2. The molecule has 0 saturated heterocycles. The Hall–Kier alpha value is -2.21. The van der Waals surface area contributed by atoms with Gasteiger partial charge in [-0.25, -0.2) is 9.97 Å². The summed E-state index contributed by atoms with van der Waals surface area (Å²) in [5, 5.41) is 13.6. The van der Waals surface area contributed by atoms with Crippen molar-refractivity contribution in [2.45, 2.75) is 6.54 Å². The molecule has 1 aromatic carbocycles. The fourth-order valence-corrected chi connectivity index (χ4v) is 1.63. The standard InChI is InChI=1S/C11H9ClN4O2/c12-10-9(16(17)18)11(15-7-14-10)13-6-8-4-2-1-3-5-8/h1-5,7H,6H2,(H,13,14,15). The second-order valence-electron chi connectivity index (χ2n) is 3.46. The van der Waals surface area contributed by atoms with Gasteiger partial charge in [-0.15, -0.1) is 0 Å². The van der Waals surface area contributed by atoms with Crippen molar-refractivity contribution in [3.8, 4) is 0 Å². The van der Waals surface area contributed by atoms with Gasteiger partial charge >= 0.3 is 5.69 Å². The highest BCUT2D eigenvalue weighted by atomic mass is 35.5. The van der Waals surface area contributed by atoms with Crippen LogP contribution in [0.1, 0.15) is 5.56 Å². The number of hydrogen-bond donors (Lipinski definition) is 1. The molecule has 1 N–H and O–H groups in total. The lowest BCUT2D eigenvalue weighted by Crippen LogP contribution is -2.05. The molecule has 2 aromatic rings. The Balaban J connectivity index is 2.20. The number of halogens is 1. The monoisotopic (exact) mass is 264 g/mol. The molecule has 92 valence electrons. The first-order valence-corrected chi connectivity index (χ1v) is 5.49. The van der Waals surface area contributed by atoms with Gasteiger partial charge in [0, 0.05) is 6.54 Å². The molecule has 1 aromatic heterocycles. The maximum Gasteiger partial charge on any atom is 0.348 e. The third-order valence-corrected chi connectivity index (χ3v) is 2.54. The van der Waals surface area contributed by atoms with E-state index in [9.17, 15) is 10.1 Å². The van der Waals surface area contributed by atoms with Gasteiger partial charge in [0.1, 0.15) is 6.33 Å². The Morgan fingerprint density at radius 1 is 1.28 bits per heavy atom. The Morgan fingerprint density at radius 3 is 2.67 bits per heavy atom. The predicted molar refractivity (Wildman–Crippen MR) is 67.5 cm³/mol. The fraction of sp³-hybridized carbons (Fsp3) is 0.0909. The second-order valence-corrected chi connectivity index (χ2v) is 3.82. The smallest absolute Gasteiger partial charge is 0.348 e. The van der Waals surface area contributed by atoms with Gasteiger partial charge in [0.05, 0.1) is 4.92 Å². The molecule has 0 aliphatic rings. The Kier molecular flexibility index (Phi) is 3.69. The third kappa shape index (κ3) is 2.72. The topological polar surface area (TPSA) is 81.0 Å². The molecule has 0 atom stereocenters. The summed E-state index contributed by atoms with van der Waals surface area (Å²) in [5.74, 6) is 0.115. The average molecular weight is 265 g/mol. The van der Waals surface area contributed by atoms with E-state index in [-0.39, 0.29) is 16.7 Å². The Morgan fingerprint density at radius 2 is 2.00 bits per heavy atom. The van der Waals surface area contributed by atoms with Crippen molar-refractivity contribution in [2.75, 3.05) is 5.32 Å². The number of benzene rings is 1. The zero-order valence-corrected chi connectivity index (χ0v) is 9.96. The van der Waals surface area contributed by atoms with E-state index in [0.29, 0.717) is 6.54 Å². The van der Waals surface area contributed by atoms with E-state index in [2.05, 4.69) is 15.3 Å². The molecule has 6 nitrogen and oxygen atoms in total. The number of hydrogen-bond acceptors (Lipinski definition) is 5. The molecule has 0 radical (unpaired) electrons. The average Bonchev–Trinajstić information content (AvgIpc) is 2.37. The minimum Gasteiger partial charge on any atom is -0.360 e. The molecule has 0 amide bonds. The van der Waals surface area contributed by atoms with Crippen molar-refractivity contribution in [3.05, 3.63) is 57.5 Å². The summed E-state index contributed by atoms with van der Waals surface area (Å²) in [4.78, 5) is 17.7. The first kappa shape index (κ1) is 12.3. The molecule has 0 aliphatic carbocycles. The molecule has 0 spiro atoms. The van der Waals surface area contributed by atoms with E-state index in [1.807, 2.05) is 30.3 Å². The SMILES string of the molecule is O=[N+]([O-])c1c(Cl)ncnc1NCc1ccccc1. The zero-order chi connectivity index (χ0) is 13.0. The van der Waals surface area contributed by atoms with Gasteiger partial charge in [-0.1, -0.05) is 41.9 Å². The van der Waals surface area contributed by atoms with Crippen molar-refractivity contribution in [1.29, 1.82) is 0 Å². The summed E-state index contributed by atoms with van der Waals surface area (Å²) < 4.78 is 0. The van der Waals surface area contributed by atoms with Crippen LogP contribution in [-0.2, 0) is 6.54 Å².